The van der Waals surface area contributed by atoms with E-state index >= 15 is 0 Å². The van der Waals surface area contributed by atoms with Crippen molar-refractivity contribution in [3.05, 3.63) is 65.2 Å². The summed E-state index contributed by atoms with van der Waals surface area (Å²) in [5.74, 6) is 0.758. The van der Waals surface area contributed by atoms with Crippen molar-refractivity contribution in [2.45, 2.75) is 20.4 Å². The molecule has 0 radical (unpaired) electrons. The van der Waals surface area contributed by atoms with Crippen LogP contribution in [0.2, 0.25) is 0 Å². The van der Waals surface area contributed by atoms with E-state index in [0.717, 1.165) is 11.3 Å². The average molecular weight is 298 g/mol. The molecule has 0 aromatic heterocycles. The zero-order chi connectivity index (χ0) is 15.9. The topological polar surface area (TPSA) is 41.6 Å². The van der Waals surface area contributed by atoms with Gasteiger partial charge in [-0.25, -0.2) is 4.79 Å². The molecule has 2 aromatic carbocycles. The fraction of sp³-hybridized carbons (Fsp3) is 0.278. The summed E-state index contributed by atoms with van der Waals surface area (Å²) < 4.78 is 5.55. The largest absolute Gasteiger partial charge is 0.473 e. The minimum atomic E-state index is -0.160. The SMILES string of the molecule is Cc1ccc(OCNC(=O)N(C)Cc2ccccc2)cc1C. The van der Waals surface area contributed by atoms with Crippen LogP contribution in [0.15, 0.2) is 48.5 Å². The van der Waals surface area contributed by atoms with Crippen LogP contribution in [0.4, 0.5) is 4.79 Å². The molecular formula is C18H22N2O2. The monoisotopic (exact) mass is 298 g/mol. The molecule has 0 spiro atoms. The summed E-state index contributed by atoms with van der Waals surface area (Å²) in [6.45, 7) is 4.81. The first-order chi connectivity index (χ1) is 10.6. The van der Waals surface area contributed by atoms with E-state index < -0.39 is 0 Å². The summed E-state index contributed by atoms with van der Waals surface area (Å²) in [7, 11) is 1.76. The van der Waals surface area contributed by atoms with Gasteiger partial charge in [0, 0.05) is 13.6 Å². The third-order valence-corrected chi connectivity index (χ3v) is 3.55. The molecule has 2 aromatic rings. The number of rotatable bonds is 5. The zero-order valence-electron chi connectivity index (χ0n) is 13.3. The van der Waals surface area contributed by atoms with Gasteiger partial charge in [-0.1, -0.05) is 36.4 Å². The van der Waals surface area contributed by atoms with Crippen LogP contribution < -0.4 is 10.1 Å². The maximum absolute atomic E-state index is 12.0. The predicted molar refractivity (Wildman–Crippen MR) is 87.9 cm³/mol. The van der Waals surface area contributed by atoms with E-state index in [-0.39, 0.29) is 12.8 Å². The molecule has 0 atom stereocenters. The molecule has 0 aliphatic rings. The Balaban J connectivity index is 1.78. The molecule has 2 amide bonds. The first-order valence-electron chi connectivity index (χ1n) is 7.29. The second kappa shape index (κ2) is 7.50. The van der Waals surface area contributed by atoms with Gasteiger partial charge in [0.25, 0.3) is 0 Å². The molecule has 0 aliphatic carbocycles. The lowest BCUT2D eigenvalue weighted by molar-refractivity contribution is 0.192. The van der Waals surface area contributed by atoms with E-state index in [1.165, 1.54) is 11.1 Å². The summed E-state index contributed by atoms with van der Waals surface area (Å²) in [6, 6.07) is 15.6. The van der Waals surface area contributed by atoms with Gasteiger partial charge >= 0.3 is 6.03 Å². The van der Waals surface area contributed by atoms with Crippen molar-refractivity contribution in [1.82, 2.24) is 10.2 Å². The molecule has 2 rings (SSSR count). The van der Waals surface area contributed by atoms with Gasteiger partial charge in [-0.05, 0) is 42.7 Å². The van der Waals surface area contributed by atoms with Crippen LogP contribution >= 0.6 is 0 Å². The number of amides is 2. The highest BCUT2D eigenvalue weighted by Gasteiger charge is 2.08. The standard InChI is InChI=1S/C18H22N2O2/c1-14-9-10-17(11-15(14)2)22-13-19-18(21)20(3)12-16-7-5-4-6-8-16/h4-11H,12-13H2,1-3H3,(H,19,21). The van der Waals surface area contributed by atoms with Crippen LogP contribution in [0.5, 0.6) is 5.75 Å². The van der Waals surface area contributed by atoms with Crippen molar-refractivity contribution in [2.75, 3.05) is 13.8 Å². The van der Waals surface area contributed by atoms with Gasteiger partial charge in [0.05, 0.1) is 0 Å². The van der Waals surface area contributed by atoms with Gasteiger partial charge in [-0.15, -0.1) is 0 Å². The number of carbonyl (C=O) groups is 1. The van der Waals surface area contributed by atoms with Gasteiger partial charge < -0.3 is 15.0 Å². The molecule has 4 nitrogen and oxygen atoms in total. The normalized spacial score (nSPS) is 10.1. The predicted octanol–water partition coefficient (Wildman–Crippen LogP) is 3.48. The summed E-state index contributed by atoms with van der Waals surface area (Å²) >= 11 is 0. The van der Waals surface area contributed by atoms with E-state index in [1.54, 1.807) is 11.9 Å². The van der Waals surface area contributed by atoms with Crippen LogP contribution in [0.3, 0.4) is 0 Å². The number of nitrogens with zero attached hydrogens (tertiary/aromatic N) is 1. The second-order valence-corrected chi connectivity index (χ2v) is 5.36. The molecule has 0 bridgehead atoms. The Labute approximate surface area is 131 Å². The minimum absolute atomic E-state index is 0.153. The number of urea groups is 1. The van der Waals surface area contributed by atoms with Crippen LogP contribution in [0, 0.1) is 13.8 Å². The molecule has 0 fully saturated rings. The third-order valence-electron chi connectivity index (χ3n) is 3.55. The van der Waals surface area contributed by atoms with Crippen molar-refractivity contribution >= 4 is 6.03 Å². The van der Waals surface area contributed by atoms with E-state index in [4.69, 9.17) is 4.74 Å². The maximum atomic E-state index is 12.0. The molecule has 22 heavy (non-hydrogen) atoms. The Bertz CT molecular complexity index is 626. The maximum Gasteiger partial charge on any atom is 0.320 e. The molecule has 0 heterocycles. The number of nitrogens with one attached hydrogen (secondary N) is 1. The first kappa shape index (κ1) is 15.9. The van der Waals surface area contributed by atoms with Gasteiger partial charge in [-0.3, -0.25) is 0 Å². The highest BCUT2D eigenvalue weighted by molar-refractivity contribution is 5.73. The Hall–Kier alpha value is -2.49. The van der Waals surface area contributed by atoms with E-state index in [9.17, 15) is 4.79 Å². The summed E-state index contributed by atoms with van der Waals surface area (Å²) in [5.41, 5.74) is 3.49. The van der Waals surface area contributed by atoms with Crippen LogP contribution in [0.25, 0.3) is 0 Å². The highest BCUT2D eigenvalue weighted by Crippen LogP contribution is 2.15. The van der Waals surface area contributed by atoms with Gasteiger partial charge in [-0.2, -0.15) is 0 Å². The second-order valence-electron chi connectivity index (χ2n) is 5.36. The zero-order valence-corrected chi connectivity index (χ0v) is 13.3. The van der Waals surface area contributed by atoms with Gasteiger partial charge in [0.1, 0.15) is 5.75 Å². The number of benzene rings is 2. The lowest BCUT2D eigenvalue weighted by atomic mass is 10.1. The van der Waals surface area contributed by atoms with Gasteiger partial charge in [0.2, 0.25) is 0 Å². The number of aryl methyl sites for hydroxylation is 2. The number of hydrogen-bond acceptors (Lipinski definition) is 2. The van der Waals surface area contributed by atoms with Crippen molar-refractivity contribution < 1.29 is 9.53 Å². The lowest BCUT2D eigenvalue weighted by Crippen LogP contribution is -2.38. The Morgan fingerprint density at radius 1 is 1.09 bits per heavy atom. The van der Waals surface area contributed by atoms with Gasteiger partial charge in [0.15, 0.2) is 6.73 Å². The van der Waals surface area contributed by atoms with E-state index in [2.05, 4.69) is 12.2 Å². The molecule has 0 aliphatic heterocycles. The number of carbonyl (C=O) groups excluding carboxylic acids is 1. The van der Waals surface area contributed by atoms with Crippen molar-refractivity contribution in [3.63, 3.8) is 0 Å². The molecule has 4 heteroatoms. The molecule has 0 unspecified atom stereocenters. The fourth-order valence-electron chi connectivity index (χ4n) is 2.05. The number of hydrogen-bond donors (Lipinski definition) is 1. The van der Waals surface area contributed by atoms with E-state index in [0.29, 0.717) is 6.54 Å². The third kappa shape index (κ3) is 4.52. The Morgan fingerprint density at radius 3 is 2.50 bits per heavy atom. The Kier molecular flexibility index (Phi) is 5.42. The quantitative estimate of drug-likeness (QED) is 0.859. The molecular weight excluding hydrogens is 276 g/mol. The molecule has 1 N–H and O–H groups in total. The lowest BCUT2D eigenvalue weighted by Gasteiger charge is -2.18. The van der Waals surface area contributed by atoms with Crippen LogP contribution in [-0.4, -0.2) is 24.7 Å². The Morgan fingerprint density at radius 2 is 1.82 bits per heavy atom. The smallest absolute Gasteiger partial charge is 0.320 e. The molecule has 0 saturated heterocycles. The summed E-state index contributed by atoms with van der Waals surface area (Å²) in [6.07, 6.45) is 0. The van der Waals surface area contributed by atoms with Crippen molar-refractivity contribution in [1.29, 1.82) is 0 Å². The molecule has 116 valence electrons. The van der Waals surface area contributed by atoms with Crippen LogP contribution in [-0.2, 0) is 6.54 Å². The van der Waals surface area contributed by atoms with Crippen LogP contribution in [0.1, 0.15) is 16.7 Å². The van der Waals surface area contributed by atoms with Crippen molar-refractivity contribution in [3.8, 4) is 5.75 Å². The average Bonchev–Trinajstić information content (AvgIpc) is 2.51. The first-order valence-corrected chi connectivity index (χ1v) is 7.29. The minimum Gasteiger partial charge on any atom is -0.473 e. The highest BCUT2D eigenvalue weighted by atomic mass is 16.5. The summed E-state index contributed by atoms with van der Waals surface area (Å²) in [5, 5.41) is 2.75. The van der Waals surface area contributed by atoms with Crippen molar-refractivity contribution in [2.24, 2.45) is 0 Å². The summed E-state index contributed by atoms with van der Waals surface area (Å²) in [4.78, 5) is 13.6. The van der Waals surface area contributed by atoms with E-state index in [1.807, 2.05) is 55.5 Å². The fourth-order valence-corrected chi connectivity index (χ4v) is 2.05. The number of ether oxygens (including phenoxy) is 1. The molecule has 0 saturated carbocycles.